The Balaban J connectivity index is 1.55. The molecule has 9 nitrogen and oxygen atoms in total. The predicted molar refractivity (Wildman–Crippen MR) is 147 cm³/mol. The number of nitrogens with zero attached hydrogens (tertiary/aromatic N) is 1. The van der Waals surface area contributed by atoms with Gasteiger partial charge < -0.3 is 24.7 Å². The van der Waals surface area contributed by atoms with Crippen LogP contribution in [0.4, 0.5) is 0 Å². The van der Waals surface area contributed by atoms with Gasteiger partial charge in [0.05, 0.1) is 11.4 Å². The topological polar surface area (TPSA) is 114 Å². The van der Waals surface area contributed by atoms with Gasteiger partial charge in [-0.2, -0.15) is 0 Å². The van der Waals surface area contributed by atoms with E-state index in [-0.39, 0.29) is 30.7 Å². The number of aromatic hydroxyl groups is 1. The number of rotatable bonds is 11. The van der Waals surface area contributed by atoms with Crippen molar-refractivity contribution in [3.05, 3.63) is 68.8 Å². The molecule has 2 aliphatic heterocycles. The standard InChI is InChI=1S/C29H35N2O7P/c1-6-23-18(4)25-15-37-29(34)26(25)27(32)24(23)11-8-17(3)16-39(35)31(19(5)28(33)36-7-2)38-22-10-9-20-13-30-14-21(20)12-22/h8-10,12,19,30H,6-7,11,13-16H2,1-5H3/p+1/t19-/m0/s1. The van der Waals surface area contributed by atoms with Crippen molar-refractivity contribution < 1.29 is 33.6 Å². The highest BCUT2D eigenvalue weighted by atomic mass is 31.1. The molecule has 0 aliphatic carbocycles. The summed E-state index contributed by atoms with van der Waals surface area (Å²) < 4.78 is 23.9. The van der Waals surface area contributed by atoms with E-state index in [1.165, 1.54) is 10.4 Å². The number of fused-ring (bicyclic) bond motifs is 2. The molecule has 1 unspecified atom stereocenters. The fraction of sp³-hybridized carbons (Fsp3) is 0.448. The van der Waals surface area contributed by atoms with Crippen LogP contribution in [0.15, 0.2) is 29.8 Å². The fourth-order valence-electron chi connectivity index (χ4n) is 5.07. The summed E-state index contributed by atoms with van der Waals surface area (Å²) >= 11 is 0. The van der Waals surface area contributed by atoms with Gasteiger partial charge in [-0.1, -0.05) is 19.1 Å². The van der Waals surface area contributed by atoms with E-state index in [2.05, 4.69) is 5.32 Å². The number of carbonyl (C=O) groups excluding carboxylic acids is 2. The monoisotopic (exact) mass is 555 g/mol. The van der Waals surface area contributed by atoms with E-state index in [1.54, 1.807) is 19.9 Å². The first-order valence-corrected chi connectivity index (χ1v) is 14.7. The van der Waals surface area contributed by atoms with Gasteiger partial charge in [-0.05, 0) is 85.1 Å². The number of ether oxygens (including phenoxy) is 2. The smallest absolute Gasteiger partial charge is 0.475 e. The SMILES string of the molecule is CCOC(=O)[C@H](C)N(Oc1ccc2c(c1)CNC2)[P+](=O)CC(C)=CCc1c(O)c2c(c(C)c1CC)COC2=O. The van der Waals surface area contributed by atoms with Crippen molar-refractivity contribution in [2.75, 3.05) is 12.8 Å². The maximum atomic E-state index is 13.6. The molecule has 0 amide bonds. The van der Waals surface area contributed by atoms with Gasteiger partial charge in [0.1, 0.15) is 17.9 Å². The van der Waals surface area contributed by atoms with Crippen molar-refractivity contribution in [1.82, 2.24) is 10.2 Å². The van der Waals surface area contributed by atoms with Gasteiger partial charge >= 0.3 is 19.9 Å². The second-order valence-corrected chi connectivity index (χ2v) is 11.2. The maximum absolute atomic E-state index is 13.6. The molecule has 10 heteroatoms. The van der Waals surface area contributed by atoms with Crippen LogP contribution in [0.1, 0.15) is 71.4 Å². The lowest BCUT2D eigenvalue weighted by Gasteiger charge is -2.18. The average Bonchev–Trinajstić information content (AvgIpc) is 3.54. The molecule has 2 aromatic rings. The molecule has 2 aliphatic rings. The number of allylic oxidation sites excluding steroid dienone is 2. The number of carbonyl (C=O) groups is 2. The van der Waals surface area contributed by atoms with Crippen LogP contribution in [-0.2, 0) is 51.4 Å². The fourth-order valence-corrected chi connectivity index (χ4v) is 6.43. The number of phenolic OH excluding ortho intramolecular Hbond substituents is 1. The number of hydroxylamine groups is 1. The van der Waals surface area contributed by atoms with Gasteiger partial charge in [0.25, 0.3) is 0 Å². The summed E-state index contributed by atoms with van der Waals surface area (Å²) in [6, 6.07) is 4.76. The molecule has 0 radical (unpaired) electrons. The summed E-state index contributed by atoms with van der Waals surface area (Å²) in [5.41, 5.74) is 6.65. The average molecular weight is 556 g/mol. The Hall–Kier alpha value is -3.26. The first-order chi connectivity index (χ1) is 18.7. The van der Waals surface area contributed by atoms with E-state index < -0.39 is 25.9 Å². The van der Waals surface area contributed by atoms with Crippen molar-refractivity contribution in [2.45, 2.75) is 73.2 Å². The van der Waals surface area contributed by atoms with Crippen molar-refractivity contribution in [1.29, 1.82) is 0 Å². The van der Waals surface area contributed by atoms with E-state index >= 15 is 0 Å². The second-order valence-electron chi connectivity index (χ2n) is 9.83. The summed E-state index contributed by atoms with van der Waals surface area (Å²) in [4.78, 5) is 32.0. The van der Waals surface area contributed by atoms with E-state index in [0.717, 1.165) is 40.9 Å². The van der Waals surface area contributed by atoms with Gasteiger partial charge in [0.2, 0.25) is 0 Å². The number of nitrogens with one attached hydrogen (secondary N) is 1. The molecule has 0 fully saturated rings. The number of hydrogen-bond donors (Lipinski definition) is 2. The Morgan fingerprint density at radius 2 is 2.00 bits per heavy atom. The molecule has 0 aromatic heterocycles. The molecule has 0 spiro atoms. The first-order valence-electron chi connectivity index (χ1n) is 13.3. The molecular weight excluding hydrogens is 519 g/mol. The van der Waals surface area contributed by atoms with Crippen LogP contribution in [0.2, 0.25) is 0 Å². The zero-order chi connectivity index (χ0) is 28.3. The Kier molecular flexibility index (Phi) is 9.05. The molecule has 2 atom stereocenters. The molecule has 0 saturated heterocycles. The number of esters is 2. The predicted octanol–water partition coefficient (Wildman–Crippen LogP) is 5.02. The largest absolute Gasteiger partial charge is 0.507 e. The molecule has 2 aromatic carbocycles. The Morgan fingerprint density at radius 3 is 2.72 bits per heavy atom. The van der Waals surface area contributed by atoms with Crippen LogP contribution in [0, 0.1) is 6.92 Å². The van der Waals surface area contributed by atoms with Crippen molar-refractivity contribution in [3.8, 4) is 11.5 Å². The van der Waals surface area contributed by atoms with E-state index in [0.29, 0.717) is 24.2 Å². The van der Waals surface area contributed by atoms with Crippen LogP contribution in [0.3, 0.4) is 0 Å². The third kappa shape index (κ3) is 6.01. The number of hydrogen-bond acceptors (Lipinski definition) is 8. The Bertz CT molecular complexity index is 1340. The van der Waals surface area contributed by atoms with E-state index in [1.807, 2.05) is 39.0 Å². The zero-order valence-electron chi connectivity index (χ0n) is 23.1. The number of benzene rings is 2. The van der Waals surface area contributed by atoms with Crippen LogP contribution >= 0.6 is 7.95 Å². The molecular formula is C29H36N2O7P+. The second kappa shape index (κ2) is 12.3. The minimum absolute atomic E-state index is 0.0459. The van der Waals surface area contributed by atoms with Crippen LogP contribution < -0.4 is 10.2 Å². The third-order valence-electron chi connectivity index (χ3n) is 7.23. The normalized spacial score (nSPS) is 15.6. The highest BCUT2D eigenvalue weighted by Crippen LogP contribution is 2.39. The zero-order valence-corrected chi connectivity index (χ0v) is 24.0. The minimum atomic E-state index is -2.17. The Morgan fingerprint density at radius 1 is 1.26 bits per heavy atom. The van der Waals surface area contributed by atoms with Crippen LogP contribution in [0.25, 0.3) is 0 Å². The molecule has 0 saturated carbocycles. The van der Waals surface area contributed by atoms with Gasteiger partial charge in [-0.3, -0.25) is 4.79 Å². The third-order valence-corrected chi connectivity index (χ3v) is 8.86. The summed E-state index contributed by atoms with van der Waals surface area (Å²) in [6.07, 6.45) is 3.07. The summed E-state index contributed by atoms with van der Waals surface area (Å²) in [5, 5.41) is 14.2. The lowest BCUT2D eigenvalue weighted by Crippen LogP contribution is -2.38. The highest BCUT2D eigenvalue weighted by molar-refractivity contribution is 7.42. The van der Waals surface area contributed by atoms with Gasteiger partial charge in [0, 0.05) is 24.2 Å². The van der Waals surface area contributed by atoms with E-state index in [4.69, 9.17) is 14.3 Å². The number of phenols is 1. The summed E-state index contributed by atoms with van der Waals surface area (Å²) in [6.45, 7) is 11.0. The van der Waals surface area contributed by atoms with Gasteiger partial charge in [-0.25, -0.2) is 4.79 Å². The lowest BCUT2D eigenvalue weighted by atomic mass is 9.89. The molecule has 2 heterocycles. The van der Waals surface area contributed by atoms with Gasteiger partial charge in [0.15, 0.2) is 18.0 Å². The summed E-state index contributed by atoms with van der Waals surface area (Å²) in [7, 11) is -2.17. The summed E-state index contributed by atoms with van der Waals surface area (Å²) in [5.74, 6) is -0.586. The molecule has 4 rings (SSSR count). The molecule has 39 heavy (non-hydrogen) atoms. The van der Waals surface area contributed by atoms with Crippen molar-refractivity contribution in [2.24, 2.45) is 0 Å². The minimum Gasteiger partial charge on any atom is -0.507 e. The van der Waals surface area contributed by atoms with Crippen molar-refractivity contribution >= 4 is 19.9 Å². The maximum Gasteiger partial charge on any atom is 0.475 e. The quantitative estimate of drug-likeness (QED) is 0.171. The van der Waals surface area contributed by atoms with E-state index in [9.17, 15) is 19.3 Å². The molecule has 2 N–H and O–H groups in total. The van der Waals surface area contributed by atoms with Crippen LogP contribution in [0.5, 0.6) is 11.5 Å². The lowest BCUT2D eigenvalue weighted by molar-refractivity contribution is -0.153. The first kappa shape index (κ1) is 28.7. The van der Waals surface area contributed by atoms with Crippen LogP contribution in [-0.4, -0.2) is 40.7 Å². The highest BCUT2D eigenvalue weighted by Gasteiger charge is 2.40. The van der Waals surface area contributed by atoms with Gasteiger partial charge in [-0.15, -0.1) is 0 Å². The Labute approximate surface area is 229 Å². The molecule has 208 valence electrons. The molecule has 0 bridgehead atoms. The number of cyclic esters (lactones) is 1. The van der Waals surface area contributed by atoms with Crippen molar-refractivity contribution in [3.63, 3.8) is 0 Å².